The molecule has 3 aliphatic heterocycles. The summed E-state index contributed by atoms with van der Waals surface area (Å²) in [6.45, 7) is 11.4. The number of amides is 1. The smallest absolute Gasteiger partial charge is 0.350 e. The van der Waals surface area contributed by atoms with Crippen LogP contribution in [-0.2, 0) is 16.1 Å². The molecule has 3 aromatic rings. The molecule has 0 N–H and O–H groups in total. The second-order valence-corrected chi connectivity index (χ2v) is 12.2. The fraction of sp³-hybridized carbons (Fsp3) is 0.414. The van der Waals surface area contributed by atoms with Gasteiger partial charge in [-0.05, 0) is 38.5 Å². The topological polar surface area (TPSA) is 67.7 Å². The number of benzene rings is 2. The van der Waals surface area contributed by atoms with Crippen LogP contribution in [-0.4, -0.2) is 64.5 Å². The Labute approximate surface area is 233 Å². The van der Waals surface area contributed by atoms with Gasteiger partial charge in [0.2, 0.25) is 5.91 Å². The summed E-state index contributed by atoms with van der Waals surface area (Å²) in [6.07, 6.45) is 1.30. The lowest BCUT2D eigenvalue weighted by atomic mass is 9.88. The molecule has 2 fully saturated rings. The van der Waals surface area contributed by atoms with Crippen molar-refractivity contribution in [1.82, 2.24) is 14.5 Å². The van der Waals surface area contributed by atoms with Gasteiger partial charge in [-0.15, -0.1) is 11.8 Å². The predicted molar refractivity (Wildman–Crippen MR) is 148 cm³/mol. The third-order valence-electron chi connectivity index (χ3n) is 8.13. The SMILES string of the molecule is C=CC(=O)N1[C@H](C)CN(c2nc(=O)n3c4c(c(-c5c(F)cc(F)cc5F)c(C)cc24)SCC2(COC2)C3)C[C@@H]1C. The Hall–Kier alpha value is -3.31. The van der Waals surface area contributed by atoms with E-state index in [4.69, 9.17) is 4.74 Å². The Morgan fingerprint density at radius 3 is 2.35 bits per heavy atom. The van der Waals surface area contributed by atoms with Crippen molar-refractivity contribution in [3.05, 3.63) is 64.4 Å². The standard InChI is InChI=1S/C29H29F3N4O3S/c1-5-22(37)36-16(3)9-34(10-17(36)4)27-19-6-15(2)23(24-20(31)7-18(30)8-21(24)32)26-25(19)35(28(38)33-27)11-29(14-40-26)12-39-13-29/h5-8,16-17H,1,9-14H2,2-4H3/t16-,17+. The molecule has 0 saturated carbocycles. The largest absolute Gasteiger partial charge is 0.380 e. The van der Waals surface area contributed by atoms with Gasteiger partial charge in [0.25, 0.3) is 0 Å². The zero-order valence-corrected chi connectivity index (χ0v) is 23.3. The maximum atomic E-state index is 15.2. The Morgan fingerprint density at radius 1 is 1.12 bits per heavy atom. The first-order valence-electron chi connectivity index (χ1n) is 13.2. The van der Waals surface area contributed by atoms with Crippen molar-refractivity contribution in [2.75, 3.05) is 37.0 Å². The van der Waals surface area contributed by atoms with Crippen molar-refractivity contribution in [2.45, 2.75) is 44.3 Å². The van der Waals surface area contributed by atoms with E-state index in [2.05, 4.69) is 11.6 Å². The lowest BCUT2D eigenvalue weighted by Gasteiger charge is -2.44. The molecule has 2 saturated heterocycles. The third-order valence-corrected chi connectivity index (χ3v) is 9.58. The van der Waals surface area contributed by atoms with Crippen LogP contribution >= 0.6 is 11.8 Å². The molecule has 0 aliphatic carbocycles. The summed E-state index contributed by atoms with van der Waals surface area (Å²) in [5.41, 5.74) is 0.345. The Bertz CT molecular complexity index is 1600. The van der Waals surface area contributed by atoms with Crippen LogP contribution in [0.15, 0.2) is 40.5 Å². The van der Waals surface area contributed by atoms with Crippen LogP contribution in [0.25, 0.3) is 22.0 Å². The molecule has 11 heteroatoms. The van der Waals surface area contributed by atoms with E-state index in [1.165, 1.54) is 17.8 Å². The highest BCUT2D eigenvalue weighted by Gasteiger charge is 2.43. The number of anilines is 1. The van der Waals surface area contributed by atoms with Crippen LogP contribution in [0, 0.1) is 29.8 Å². The number of ether oxygens (including phenoxy) is 1. The summed E-state index contributed by atoms with van der Waals surface area (Å²) in [6, 6.07) is 2.82. The Morgan fingerprint density at radius 2 is 1.77 bits per heavy atom. The average Bonchev–Trinajstić information content (AvgIpc) is 3.05. The van der Waals surface area contributed by atoms with Gasteiger partial charge in [0.05, 0.1) is 24.3 Å². The Balaban J connectivity index is 1.60. The first kappa shape index (κ1) is 26.9. The second-order valence-electron chi connectivity index (χ2n) is 11.2. The normalized spacial score (nSPS) is 21.9. The number of aromatic nitrogens is 2. The molecule has 1 amide bonds. The highest BCUT2D eigenvalue weighted by Crippen LogP contribution is 2.48. The maximum Gasteiger partial charge on any atom is 0.350 e. The van der Waals surface area contributed by atoms with Crippen molar-refractivity contribution in [2.24, 2.45) is 5.41 Å². The van der Waals surface area contributed by atoms with E-state index in [0.717, 1.165) is 0 Å². The molecule has 2 aromatic carbocycles. The van der Waals surface area contributed by atoms with Gasteiger partial charge in [-0.2, -0.15) is 4.98 Å². The first-order chi connectivity index (χ1) is 19.0. The van der Waals surface area contributed by atoms with Crippen LogP contribution < -0.4 is 10.6 Å². The van der Waals surface area contributed by atoms with Crippen LogP contribution in [0.4, 0.5) is 19.0 Å². The second kappa shape index (κ2) is 9.66. The molecule has 0 unspecified atom stereocenters. The third kappa shape index (κ3) is 4.13. The molecular formula is C29H29F3N4O3S. The molecule has 4 heterocycles. The van der Waals surface area contributed by atoms with E-state index < -0.39 is 23.1 Å². The molecule has 1 spiro atoms. The van der Waals surface area contributed by atoms with Crippen molar-refractivity contribution >= 4 is 34.4 Å². The van der Waals surface area contributed by atoms with E-state index in [1.807, 2.05) is 18.7 Å². The fourth-order valence-corrected chi connectivity index (χ4v) is 7.82. The number of hydrogen-bond donors (Lipinski definition) is 0. The molecular weight excluding hydrogens is 541 g/mol. The van der Waals surface area contributed by atoms with E-state index >= 15 is 8.78 Å². The number of carbonyl (C=O) groups is 1. The van der Waals surface area contributed by atoms with Crippen molar-refractivity contribution in [3.63, 3.8) is 0 Å². The number of thioether (sulfide) groups is 1. The first-order valence-corrected chi connectivity index (χ1v) is 14.2. The van der Waals surface area contributed by atoms with Crippen molar-refractivity contribution in [1.29, 1.82) is 0 Å². The number of nitrogens with zero attached hydrogens (tertiary/aromatic N) is 4. The quantitative estimate of drug-likeness (QED) is 0.432. The molecule has 7 nitrogen and oxygen atoms in total. The van der Waals surface area contributed by atoms with Gasteiger partial charge in [0.1, 0.15) is 23.3 Å². The molecule has 0 radical (unpaired) electrons. The molecule has 6 rings (SSSR count). The van der Waals surface area contributed by atoms with E-state index in [-0.39, 0.29) is 29.0 Å². The maximum absolute atomic E-state index is 15.2. The molecule has 1 aromatic heterocycles. The summed E-state index contributed by atoms with van der Waals surface area (Å²) < 4.78 is 51.3. The van der Waals surface area contributed by atoms with Crippen molar-refractivity contribution in [3.8, 4) is 11.1 Å². The molecule has 3 aliphatic rings. The lowest BCUT2D eigenvalue weighted by molar-refractivity contribution is -0.130. The highest BCUT2D eigenvalue weighted by molar-refractivity contribution is 7.99. The minimum atomic E-state index is -1.00. The van der Waals surface area contributed by atoms with Crippen molar-refractivity contribution < 1.29 is 22.7 Å². The minimum absolute atomic E-state index is 0.158. The van der Waals surface area contributed by atoms with Gasteiger partial charge in [-0.25, -0.2) is 18.0 Å². The minimum Gasteiger partial charge on any atom is -0.380 e. The number of aryl methyl sites for hydroxylation is 1. The van der Waals surface area contributed by atoms with E-state index in [9.17, 15) is 14.0 Å². The van der Waals surface area contributed by atoms with Crippen LogP contribution in [0.3, 0.4) is 0 Å². The number of piperazine rings is 1. The Kier molecular flexibility index (Phi) is 6.49. The van der Waals surface area contributed by atoms with Crippen LogP contribution in [0.1, 0.15) is 19.4 Å². The van der Waals surface area contributed by atoms with Gasteiger partial charge in [0.15, 0.2) is 0 Å². The van der Waals surface area contributed by atoms with Gasteiger partial charge >= 0.3 is 5.69 Å². The molecule has 210 valence electrons. The summed E-state index contributed by atoms with van der Waals surface area (Å²) in [5.74, 6) is -2.11. The zero-order chi connectivity index (χ0) is 28.5. The van der Waals surface area contributed by atoms with E-state index in [0.29, 0.717) is 83.5 Å². The molecule has 40 heavy (non-hydrogen) atoms. The van der Waals surface area contributed by atoms with Gasteiger partial charge < -0.3 is 14.5 Å². The summed E-state index contributed by atoms with van der Waals surface area (Å²) in [7, 11) is 0. The van der Waals surface area contributed by atoms with Gasteiger partial charge in [-0.1, -0.05) is 6.58 Å². The number of carbonyl (C=O) groups excluding carboxylic acids is 1. The lowest BCUT2D eigenvalue weighted by Crippen LogP contribution is -2.58. The molecule has 0 bridgehead atoms. The summed E-state index contributed by atoms with van der Waals surface area (Å²) >= 11 is 1.44. The summed E-state index contributed by atoms with van der Waals surface area (Å²) in [5, 5.41) is 0.687. The van der Waals surface area contributed by atoms with E-state index in [1.54, 1.807) is 22.5 Å². The van der Waals surface area contributed by atoms with Crippen LogP contribution in [0.5, 0.6) is 0 Å². The highest BCUT2D eigenvalue weighted by atomic mass is 32.2. The van der Waals surface area contributed by atoms with Crippen LogP contribution in [0.2, 0.25) is 0 Å². The summed E-state index contributed by atoms with van der Waals surface area (Å²) in [4.78, 5) is 35.1. The monoisotopic (exact) mass is 570 g/mol. The fourth-order valence-electron chi connectivity index (χ4n) is 6.35. The van der Waals surface area contributed by atoms with Gasteiger partial charge in [-0.3, -0.25) is 9.36 Å². The number of rotatable bonds is 3. The molecule has 2 atom stereocenters. The van der Waals surface area contributed by atoms with Gasteiger partial charge in [0, 0.05) is 70.9 Å². The zero-order valence-electron chi connectivity index (χ0n) is 22.5. The number of hydrogen-bond acceptors (Lipinski definition) is 6. The average molecular weight is 571 g/mol. The predicted octanol–water partition coefficient (Wildman–Crippen LogP) is 4.52. The number of halogens is 3.